The van der Waals surface area contributed by atoms with E-state index in [1.807, 2.05) is 13.8 Å². The van der Waals surface area contributed by atoms with Crippen LogP contribution < -0.4 is 5.32 Å². The molecular formula is C25H32Cl2N2O2S. The molecule has 2 atom stereocenters. The van der Waals surface area contributed by atoms with Crippen LogP contribution in [0.4, 0.5) is 0 Å². The Morgan fingerprint density at radius 1 is 1.06 bits per heavy atom. The predicted molar refractivity (Wildman–Crippen MR) is 136 cm³/mol. The highest BCUT2D eigenvalue weighted by atomic mass is 35.5. The largest absolute Gasteiger partial charge is 0.352 e. The SMILES string of the molecule is CC[C@@H](C)NC(=O)[C@@H](C)N(Cc1ccc(Cl)cc1Cl)C(=O)CSCc1cc(C)cc(C)c1. The normalized spacial score (nSPS) is 12.8. The molecule has 0 heterocycles. The Balaban J connectivity index is 2.14. The first-order valence-corrected chi connectivity index (χ1v) is 12.7. The van der Waals surface area contributed by atoms with Gasteiger partial charge < -0.3 is 10.2 Å². The number of halogens is 2. The van der Waals surface area contributed by atoms with Crippen molar-refractivity contribution in [1.82, 2.24) is 10.2 Å². The molecule has 0 bridgehead atoms. The summed E-state index contributed by atoms with van der Waals surface area (Å²) in [4.78, 5) is 27.6. The molecule has 2 amide bonds. The number of amides is 2. The minimum Gasteiger partial charge on any atom is -0.352 e. The zero-order valence-electron chi connectivity index (χ0n) is 19.4. The summed E-state index contributed by atoms with van der Waals surface area (Å²) in [5.41, 5.74) is 4.37. The van der Waals surface area contributed by atoms with Gasteiger partial charge in [0.25, 0.3) is 0 Å². The van der Waals surface area contributed by atoms with E-state index >= 15 is 0 Å². The second-order valence-corrected chi connectivity index (χ2v) is 10.1. The molecule has 0 aliphatic rings. The van der Waals surface area contributed by atoms with Gasteiger partial charge in [0, 0.05) is 28.4 Å². The van der Waals surface area contributed by atoms with Crippen molar-refractivity contribution >= 4 is 46.8 Å². The van der Waals surface area contributed by atoms with Crippen molar-refractivity contribution in [3.8, 4) is 0 Å². The number of carbonyl (C=O) groups excluding carboxylic acids is 2. The number of hydrogen-bond donors (Lipinski definition) is 1. The van der Waals surface area contributed by atoms with E-state index in [1.54, 1.807) is 41.8 Å². The van der Waals surface area contributed by atoms with Crippen LogP contribution in [0.25, 0.3) is 0 Å². The molecule has 7 heteroatoms. The Morgan fingerprint density at radius 3 is 2.31 bits per heavy atom. The lowest BCUT2D eigenvalue weighted by molar-refractivity contribution is -0.138. The lowest BCUT2D eigenvalue weighted by atomic mass is 10.1. The van der Waals surface area contributed by atoms with Gasteiger partial charge in [0.15, 0.2) is 0 Å². The molecule has 0 saturated heterocycles. The lowest BCUT2D eigenvalue weighted by Gasteiger charge is -2.30. The topological polar surface area (TPSA) is 49.4 Å². The summed E-state index contributed by atoms with van der Waals surface area (Å²) in [5, 5.41) is 3.98. The van der Waals surface area contributed by atoms with E-state index in [-0.39, 0.29) is 30.2 Å². The average molecular weight is 496 g/mol. The van der Waals surface area contributed by atoms with E-state index in [0.717, 1.165) is 17.7 Å². The fourth-order valence-corrected chi connectivity index (χ4v) is 4.69. The zero-order valence-corrected chi connectivity index (χ0v) is 21.7. The highest BCUT2D eigenvalue weighted by Crippen LogP contribution is 2.24. The van der Waals surface area contributed by atoms with Gasteiger partial charge in [-0.1, -0.05) is 65.5 Å². The minimum atomic E-state index is -0.620. The van der Waals surface area contributed by atoms with Crippen molar-refractivity contribution in [3.63, 3.8) is 0 Å². The van der Waals surface area contributed by atoms with Gasteiger partial charge in [-0.2, -0.15) is 0 Å². The van der Waals surface area contributed by atoms with E-state index in [0.29, 0.717) is 10.0 Å². The van der Waals surface area contributed by atoms with Crippen molar-refractivity contribution in [2.24, 2.45) is 0 Å². The summed E-state index contributed by atoms with van der Waals surface area (Å²) in [5.74, 6) is 0.741. The van der Waals surface area contributed by atoms with Gasteiger partial charge in [-0.15, -0.1) is 11.8 Å². The van der Waals surface area contributed by atoms with Crippen molar-refractivity contribution in [2.45, 2.75) is 65.4 Å². The highest BCUT2D eigenvalue weighted by molar-refractivity contribution is 7.99. The molecule has 0 fully saturated rings. The van der Waals surface area contributed by atoms with Gasteiger partial charge in [0.05, 0.1) is 5.75 Å². The first kappa shape index (κ1) is 26.6. The smallest absolute Gasteiger partial charge is 0.242 e. The second kappa shape index (κ2) is 12.5. The summed E-state index contributed by atoms with van der Waals surface area (Å²) in [6, 6.07) is 11.0. The molecule has 4 nitrogen and oxygen atoms in total. The van der Waals surface area contributed by atoms with Crippen molar-refractivity contribution in [1.29, 1.82) is 0 Å². The van der Waals surface area contributed by atoms with E-state index in [2.05, 4.69) is 37.4 Å². The molecule has 0 spiro atoms. The first-order chi connectivity index (χ1) is 15.1. The summed E-state index contributed by atoms with van der Waals surface area (Å²) in [6.07, 6.45) is 0.821. The molecule has 1 N–H and O–H groups in total. The van der Waals surface area contributed by atoms with Crippen molar-refractivity contribution in [2.75, 3.05) is 5.75 Å². The molecule has 174 valence electrons. The fourth-order valence-electron chi connectivity index (χ4n) is 3.37. The minimum absolute atomic E-state index is 0.0416. The fraction of sp³-hybridized carbons (Fsp3) is 0.440. The van der Waals surface area contributed by atoms with Crippen molar-refractivity contribution < 1.29 is 9.59 Å². The predicted octanol–water partition coefficient (Wildman–Crippen LogP) is 6.18. The number of thioether (sulfide) groups is 1. The molecule has 0 unspecified atom stereocenters. The number of carbonyl (C=O) groups is 2. The maximum atomic E-state index is 13.2. The van der Waals surface area contributed by atoms with E-state index < -0.39 is 6.04 Å². The zero-order chi connectivity index (χ0) is 23.8. The van der Waals surface area contributed by atoms with Crippen molar-refractivity contribution in [3.05, 3.63) is 68.7 Å². The molecule has 0 aliphatic heterocycles. The molecule has 2 rings (SSSR count). The van der Waals surface area contributed by atoms with Gasteiger partial charge in [-0.25, -0.2) is 0 Å². The van der Waals surface area contributed by atoms with Crippen LogP contribution in [0, 0.1) is 13.8 Å². The summed E-state index contributed by atoms with van der Waals surface area (Å²) >= 11 is 13.9. The standard InChI is InChI=1S/C25H32Cl2N2O2S/c1-6-18(4)28-25(31)19(5)29(13-21-7-8-22(26)12-23(21)27)24(30)15-32-14-20-10-16(2)9-17(3)11-20/h7-12,18-19H,6,13-15H2,1-5H3,(H,28,31)/t18-,19-/m1/s1. The molecule has 0 radical (unpaired) electrons. The van der Waals surface area contributed by atoms with Crippen LogP contribution in [0.2, 0.25) is 10.0 Å². The maximum absolute atomic E-state index is 13.2. The Morgan fingerprint density at radius 2 is 1.72 bits per heavy atom. The van der Waals surface area contributed by atoms with Gasteiger partial charge in [-0.3, -0.25) is 9.59 Å². The summed E-state index contributed by atoms with van der Waals surface area (Å²) in [7, 11) is 0. The quantitative estimate of drug-likeness (QED) is 0.429. The number of rotatable bonds is 10. The van der Waals surface area contributed by atoms with E-state index in [4.69, 9.17) is 23.2 Å². The van der Waals surface area contributed by atoms with E-state index in [9.17, 15) is 9.59 Å². The van der Waals surface area contributed by atoms with Gasteiger partial charge >= 0.3 is 0 Å². The van der Waals surface area contributed by atoms with Gasteiger partial charge in [0.2, 0.25) is 11.8 Å². The highest BCUT2D eigenvalue weighted by Gasteiger charge is 2.27. The van der Waals surface area contributed by atoms with Gasteiger partial charge in [-0.05, 0) is 57.4 Å². The Bertz CT molecular complexity index is 931. The number of hydrogen-bond acceptors (Lipinski definition) is 3. The number of aryl methyl sites for hydroxylation is 2. The summed E-state index contributed by atoms with van der Waals surface area (Å²) in [6.45, 7) is 10.1. The lowest BCUT2D eigenvalue weighted by Crippen LogP contribution is -2.50. The molecule has 32 heavy (non-hydrogen) atoms. The van der Waals surface area contributed by atoms with Crippen LogP contribution in [-0.2, 0) is 21.9 Å². The van der Waals surface area contributed by atoms with Crippen LogP contribution in [0.5, 0.6) is 0 Å². The molecule has 0 aromatic heterocycles. The van der Waals surface area contributed by atoms with Gasteiger partial charge in [0.1, 0.15) is 6.04 Å². The maximum Gasteiger partial charge on any atom is 0.242 e. The van der Waals surface area contributed by atoms with Crippen LogP contribution in [0.1, 0.15) is 49.4 Å². The third-order valence-electron chi connectivity index (χ3n) is 5.30. The third-order valence-corrected chi connectivity index (χ3v) is 6.88. The Hall–Kier alpha value is -1.69. The number of nitrogens with zero attached hydrogens (tertiary/aromatic N) is 1. The van der Waals surface area contributed by atoms with Crippen LogP contribution in [0.15, 0.2) is 36.4 Å². The van der Waals surface area contributed by atoms with Crippen LogP contribution in [0.3, 0.4) is 0 Å². The monoisotopic (exact) mass is 494 g/mol. The molecule has 0 saturated carbocycles. The van der Waals surface area contributed by atoms with E-state index in [1.165, 1.54) is 16.7 Å². The first-order valence-electron chi connectivity index (χ1n) is 10.8. The molecular weight excluding hydrogens is 463 g/mol. The summed E-state index contributed by atoms with van der Waals surface area (Å²) < 4.78 is 0. The molecule has 2 aromatic carbocycles. The van der Waals surface area contributed by atoms with Crippen LogP contribution >= 0.6 is 35.0 Å². The second-order valence-electron chi connectivity index (χ2n) is 8.24. The Kier molecular flexibility index (Phi) is 10.4. The number of nitrogens with one attached hydrogen (secondary N) is 1. The number of benzene rings is 2. The van der Waals surface area contributed by atoms with Crippen LogP contribution in [-0.4, -0.2) is 34.6 Å². The Labute approximate surface area is 206 Å². The average Bonchev–Trinajstić information content (AvgIpc) is 2.71. The molecule has 2 aromatic rings. The third kappa shape index (κ3) is 8.02. The molecule has 0 aliphatic carbocycles.